The molecule has 0 radical (unpaired) electrons. The Kier molecular flexibility index (Phi) is 6.36. The summed E-state index contributed by atoms with van der Waals surface area (Å²) in [6, 6.07) is 0. The first-order valence-electron chi connectivity index (χ1n) is 13.7. The van der Waals surface area contributed by atoms with E-state index in [2.05, 4.69) is 54.6 Å². The molecule has 0 aromatic heterocycles. The Labute approximate surface area is 194 Å². The molecule has 0 saturated heterocycles. The molecular weight excluding hydrogens is 396 g/mol. The fourth-order valence-electron chi connectivity index (χ4n) is 8.88. The molecule has 4 rings (SSSR count). The van der Waals surface area contributed by atoms with Crippen molar-refractivity contribution in [3.8, 4) is 0 Å². The highest BCUT2D eigenvalue weighted by atomic mass is 28.4. The third-order valence-electron chi connectivity index (χ3n) is 11.8. The fraction of sp³-hybridized carbons (Fsp3) is 1.00. The van der Waals surface area contributed by atoms with Gasteiger partial charge in [-0.3, -0.25) is 0 Å². The molecule has 2 nitrogen and oxygen atoms in total. The van der Waals surface area contributed by atoms with Gasteiger partial charge in [0.2, 0.25) is 0 Å². The molecule has 180 valence electrons. The maximum Gasteiger partial charge on any atom is 0.192 e. The van der Waals surface area contributed by atoms with E-state index in [1.165, 1.54) is 57.8 Å². The summed E-state index contributed by atoms with van der Waals surface area (Å²) >= 11 is 0. The topological polar surface area (TPSA) is 29.5 Å². The summed E-state index contributed by atoms with van der Waals surface area (Å²) in [6.07, 6.45) is 13.6. The van der Waals surface area contributed by atoms with Gasteiger partial charge in [-0.15, -0.1) is 0 Å². The lowest BCUT2D eigenvalue weighted by Crippen LogP contribution is -2.55. The number of fused-ring (bicyclic) bond motifs is 5. The van der Waals surface area contributed by atoms with Crippen molar-refractivity contribution >= 4 is 8.32 Å². The molecule has 3 heteroatoms. The fourth-order valence-corrected chi connectivity index (χ4v) is 10.3. The molecule has 0 aromatic carbocycles. The SMILES string of the molecule is CC[C@H](O)[C@H]1CC[C@H]2[C@@H]3CC[C@H]4CC(O[Si](C)(C)C(C)(C)C)CC[C@]4(C)[C@H]3CC[C@]12C. The molecule has 4 aliphatic rings. The molecule has 31 heavy (non-hydrogen) atoms. The van der Waals surface area contributed by atoms with Gasteiger partial charge in [-0.05, 0) is 123 Å². The lowest BCUT2D eigenvalue weighted by atomic mass is 9.44. The van der Waals surface area contributed by atoms with E-state index >= 15 is 0 Å². The summed E-state index contributed by atoms with van der Waals surface area (Å²) in [6.45, 7) is 19.4. The lowest BCUT2D eigenvalue weighted by molar-refractivity contribution is -0.131. The molecule has 0 aromatic rings. The van der Waals surface area contributed by atoms with E-state index in [4.69, 9.17) is 4.43 Å². The Morgan fingerprint density at radius 3 is 2.23 bits per heavy atom. The van der Waals surface area contributed by atoms with Gasteiger partial charge in [0.25, 0.3) is 0 Å². The van der Waals surface area contributed by atoms with E-state index in [9.17, 15) is 5.11 Å². The van der Waals surface area contributed by atoms with Crippen LogP contribution >= 0.6 is 0 Å². The molecule has 0 heterocycles. The molecule has 4 aliphatic carbocycles. The quantitative estimate of drug-likeness (QED) is 0.444. The van der Waals surface area contributed by atoms with Gasteiger partial charge in [0.05, 0.1) is 6.10 Å². The molecule has 4 saturated carbocycles. The van der Waals surface area contributed by atoms with Gasteiger partial charge in [0.1, 0.15) is 0 Å². The zero-order chi connectivity index (χ0) is 22.8. The van der Waals surface area contributed by atoms with Gasteiger partial charge in [0.15, 0.2) is 8.32 Å². The summed E-state index contributed by atoms with van der Waals surface area (Å²) in [4.78, 5) is 0. The van der Waals surface area contributed by atoms with Crippen LogP contribution in [0, 0.1) is 40.4 Å². The smallest absolute Gasteiger partial charge is 0.192 e. The number of aliphatic hydroxyl groups is 1. The molecule has 1 unspecified atom stereocenters. The lowest BCUT2D eigenvalue weighted by Gasteiger charge is -2.61. The molecule has 0 aliphatic heterocycles. The maximum absolute atomic E-state index is 10.8. The minimum absolute atomic E-state index is 0.0820. The summed E-state index contributed by atoms with van der Waals surface area (Å²) in [7, 11) is -1.68. The largest absolute Gasteiger partial charge is 0.414 e. The average Bonchev–Trinajstić information content (AvgIpc) is 3.04. The molecule has 0 spiro atoms. The Morgan fingerprint density at radius 1 is 0.935 bits per heavy atom. The normalized spacial score (nSPS) is 46.7. The van der Waals surface area contributed by atoms with Crippen molar-refractivity contribution in [1.29, 1.82) is 0 Å². The summed E-state index contributed by atoms with van der Waals surface area (Å²) in [5.74, 6) is 4.08. The zero-order valence-electron chi connectivity index (χ0n) is 22.0. The molecular formula is C28H52O2Si. The predicted molar refractivity (Wildman–Crippen MR) is 134 cm³/mol. The molecule has 1 N–H and O–H groups in total. The van der Waals surface area contributed by atoms with Crippen molar-refractivity contribution in [2.75, 3.05) is 0 Å². The van der Waals surface area contributed by atoms with Crippen LogP contribution in [0.4, 0.5) is 0 Å². The van der Waals surface area contributed by atoms with Gasteiger partial charge >= 0.3 is 0 Å². The van der Waals surface area contributed by atoms with Crippen LogP contribution in [-0.4, -0.2) is 25.6 Å². The number of rotatable bonds is 4. The summed E-state index contributed by atoms with van der Waals surface area (Å²) < 4.78 is 6.92. The Bertz CT molecular complexity index is 654. The first-order chi connectivity index (χ1) is 14.3. The van der Waals surface area contributed by atoms with Crippen LogP contribution in [-0.2, 0) is 4.43 Å². The highest BCUT2D eigenvalue weighted by Gasteiger charge is 2.61. The second-order valence-corrected chi connectivity index (χ2v) is 18.9. The second kappa shape index (κ2) is 8.12. The van der Waals surface area contributed by atoms with Crippen molar-refractivity contribution < 1.29 is 9.53 Å². The minimum Gasteiger partial charge on any atom is -0.414 e. The molecule has 9 atom stereocenters. The van der Waals surface area contributed by atoms with Crippen LogP contribution in [0.2, 0.25) is 18.1 Å². The highest BCUT2D eigenvalue weighted by molar-refractivity contribution is 6.74. The van der Waals surface area contributed by atoms with Crippen LogP contribution in [0.15, 0.2) is 0 Å². The Balaban J connectivity index is 1.47. The van der Waals surface area contributed by atoms with Gasteiger partial charge in [-0.1, -0.05) is 41.5 Å². The van der Waals surface area contributed by atoms with E-state index in [0.29, 0.717) is 27.9 Å². The second-order valence-electron chi connectivity index (χ2n) is 14.1. The maximum atomic E-state index is 10.8. The first kappa shape index (κ1) is 24.3. The third-order valence-corrected chi connectivity index (χ3v) is 16.4. The van der Waals surface area contributed by atoms with Gasteiger partial charge < -0.3 is 9.53 Å². The van der Waals surface area contributed by atoms with Crippen LogP contribution in [0.3, 0.4) is 0 Å². The predicted octanol–water partition coefficient (Wildman–Crippen LogP) is 7.81. The molecule has 0 amide bonds. The molecule has 4 fully saturated rings. The number of hydrogen-bond donors (Lipinski definition) is 1. The minimum atomic E-state index is -1.68. The third kappa shape index (κ3) is 3.91. The van der Waals surface area contributed by atoms with Crippen LogP contribution < -0.4 is 0 Å². The number of hydrogen-bond acceptors (Lipinski definition) is 2. The summed E-state index contributed by atoms with van der Waals surface area (Å²) in [5.41, 5.74) is 0.918. The first-order valence-corrected chi connectivity index (χ1v) is 16.6. The van der Waals surface area contributed by atoms with E-state index in [0.717, 1.165) is 30.1 Å². The standard InChI is InChI=1S/C28H52O2Si/c1-9-25(29)24-13-12-22-21-11-10-19-18-20(30-31(7,8)26(2,3)4)14-16-27(19,5)23(21)15-17-28(22,24)6/h19-25,29H,9-18H2,1-8H3/t19-,20?,21-,22-,23-,24+,25-,27-,28-/m0/s1. The van der Waals surface area contributed by atoms with Crippen LogP contribution in [0.25, 0.3) is 0 Å². The van der Waals surface area contributed by atoms with Crippen molar-refractivity contribution in [2.24, 2.45) is 40.4 Å². The van der Waals surface area contributed by atoms with Crippen LogP contribution in [0.5, 0.6) is 0 Å². The van der Waals surface area contributed by atoms with Crippen molar-refractivity contribution in [2.45, 2.75) is 136 Å². The monoisotopic (exact) mass is 448 g/mol. The zero-order valence-corrected chi connectivity index (χ0v) is 23.0. The van der Waals surface area contributed by atoms with E-state index in [1.807, 2.05) is 0 Å². The average molecular weight is 449 g/mol. The Hall–Kier alpha value is 0.137. The Morgan fingerprint density at radius 2 is 1.58 bits per heavy atom. The van der Waals surface area contributed by atoms with E-state index < -0.39 is 8.32 Å². The van der Waals surface area contributed by atoms with Crippen LogP contribution in [0.1, 0.15) is 106 Å². The van der Waals surface area contributed by atoms with Crippen molar-refractivity contribution in [3.05, 3.63) is 0 Å². The van der Waals surface area contributed by atoms with Gasteiger partial charge in [-0.2, -0.15) is 0 Å². The van der Waals surface area contributed by atoms with Gasteiger partial charge in [-0.25, -0.2) is 0 Å². The highest BCUT2D eigenvalue weighted by Crippen LogP contribution is 2.68. The summed E-state index contributed by atoms with van der Waals surface area (Å²) in [5, 5.41) is 11.1. The van der Waals surface area contributed by atoms with E-state index in [-0.39, 0.29) is 6.10 Å². The molecule has 0 bridgehead atoms. The number of aliphatic hydroxyl groups excluding tert-OH is 1. The van der Waals surface area contributed by atoms with E-state index in [1.54, 1.807) is 0 Å². The van der Waals surface area contributed by atoms with Crippen molar-refractivity contribution in [3.63, 3.8) is 0 Å². The van der Waals surface area contributed by atoms with Crippen molar-refractivity contribution in [1.82, 2.24) is 0 Å². The van der Waals surface area contributed by atoms with Gasteiger partial charge in [0, 0.05) is 6.10 Å².